The van der Waals surface area contributed by atoms with Gasteiger partial charge < -0.3 is 13.7 Å². The SMILES string of the molecule is Clc1ccc(OCc2nc3c4c(-c5ccccc5)c(-c5ccccc5)n(Cc5ccco5)c4ncn3n2)cc1. The van der Waals surface area contributed by atoms with Crippen LogP contribution >= 0.6 is 11.6 Å². The summed E-state index contributed by atoms with van der Waals surface area (Å²) in [4.78, 5) is 9.82. The van der Waals surface area contributed by atoms with E-state index in [0.717, 1.165) is 39.2 Å². The highest BCUT2D eigenvalue weighted by Gasteiger charge is 2.25. The van der Waals surface area contributed by atoms with Crippen LogP contribution in [-0.2, 0) is 13.2 Å². The van der Waals surface area contributed by atoms with Gasteiger partial charge in [-0.05, 0) is 47.5 Å². The second kappa shape index (κ2) is 9.78. The van der Waals surface area contributed by atoms with Crippen LogP contribution in [0.5, 0.6) is 5.75 Å². The molecule has 0 radical (unpaired) electrons. The normalized spacial score (nSPS) is 11.4. The summed E-state index contributed by atoms with van der Waals surface area (Å²) >= 11 is 6.01. The van der Waals surface area contributed by atoms with Crippen LogP contribution in [0.25, 0.3) is 39.1 Å². The van der Waals surface area contributed by atoms with Gasteiger partial charge in [0.15, 0.2) is 11.5 Å². The minimum absolute atomic E-state index is 0.212. The molecular formula is C31H22ClN5O2. The first kappa shape index (κ1) is 23.3. The van der Waals surface area contributed by atoms with Crippen molar-refractivity contribution < 1.29 is 9.15 Å². The number of rotatable bonds is 7. The smallest absolute Gasteiger partial charge is 0.189 e. The van der Waals surface area contributed by atoms with Gasteiger partial charge in [-0.25, -0.2) is 14.5 Å². The predicted molar refractivity (Wildman–Crippen MR) is 151 cm³/mol. The molecule has 0 atom stereocenters. The molecule has 0 aliphatic rings. The highest BCUT2D eigenvalue weighted by Crippen LogP contribution is 2.42. The van der Waals surface area contributed by atoms with Gasteiger partial charge >= 0.3 is 0 Å². The van der Waals surface area contributed by atoms with E-state index in [1.54, 1.807) is 29.2 Å². The zero-order chi connectivity index (χ0) is 26.2. The first-order chi connectivity index (χ1) is 19.2. The molecule has 0 saturated heterocycles. The van der Waals surface area contributed by atoms with E-state index in [-0.39, 0.29) is 6.61 Å². The number of furan rings is 1. The van der Waals surface area contributed by atoms with Crippen molar-refractivity contribution in [1.82, 2.24) is 24.1 Å². The number of fused-ring (bicyclic) bond motifs is 3. The van der Waals surface area contributed by atoms with E-state index < -0.39 is 0 Å². The van der Waals surface area contributed by atoms with E-state index >= 15 is 0 Å². The van der Waals surface area contributed by atoms with Gasteiger partial charge in [0, 0.05) is 10.6 Å². The molecule has 4 aromatic heterocycles. The maximum atomic E-state index is 6.01. The Morgan fingerprint density at radius 2 is 1.54 bits per heavy atom. The van der Waals surface area contributed by atoms with E-state index in [1.807, 2.05) is 60.7 Å². The van der Waals surface area contributed by atoms with Crippen LogP contribution in [0, 0.1) is 0 Å². The molecule has 4 heterocycles. The molecule has 0 saturated carbocycles. The second-order valence-electron chi connectivity index (χ2n) is 9.10. The van der Waals surface area contributed by atoms with Gasteiger partial charge in [0.05, 0.1) is 23.9 Å². The Morgan fingerprint density at radius 1 is 0.795 bits per heavy atom. The Balaban J connectivity index is 1.45. The molecule has 0 bridgehead atoms. The minimum atomic E-state index is 0.212. The zero-order valence-electron chi connectivity index (χ0n) is 20.7. The molecule has 7 aromatic rings. The summed E-state index contributed by atoms with van der Waals surface area (Å²) in [6.45, 7) is 0.731. The molecule has 0 unspecified atom stereocenters. The average Bonchev–Trinajstić information content (AvgIpc) is 3.72. The van der Waals surface area contributed by atoms with Crippen LogP contribution in [0.1, 0.15) is 11.6 Å². The fraction of sp³-hybridized carbons (Fsp3) is 0.0645. The lowest BCUT2D eigenvalue weighted by Crippen LogP contribution is -2.03. The van der Waals surface area contributed by atoms with Crippen molar-refractivity contribution in [1.29, 1.82) is 0 Å². The van der Waals surface area contributed by atoms with E-state index in [9.17, 15) is 0 Å². The number of ether oxygens (including phenoxy) is 1. The summed E-state index contributed by atoms with van der Waals surface area (Å²) in [6.07, 6.45) is 3.40. The molecule has 190 valence electrons. The molecule has 0 spiro atoms. The summed E-state index contributed by atoms with van der Waals surface area (Å²) in [6, 6.07) is 31.8. The van der Waals surface area contributed by atoms with Gasteiger partial charge in [0.25, 0.3) is 0 Å². The van der Waals surface area contributed by atoms with Crippen molar-refractivity contribution in [3.05, 3.63) is 126 Å². The van der Waals surface area contributed by atoms with Gasteiger partial charge in [-0.1, -0.05) is 72.3 Å². The van der Waals surface area contributed by atoms with E-state index in [4.69, 9.17) is 30.7 Å². The van der Waals surface area contributed by atoms with Crippen LogP contribution in [-0.4, -0.2) is 24.1 Å². The summed E-state index contributed by atoms with van der Waals surface area (Å²) in [5.41, 5.74) is 5.73. The Morgan fingerprint density at radius 3 is 2.26 bits per heavy atom. The Hall–Kier alpha value is -4.88. The third-order valence-electron chi connectivity index (χ3n) is 6.61. The second-order valence-corrected chi connectivity index (χ2v) is 9.54. The van der Waals surface area contributed by atoms with Crippen LogP contribution in [0.2, 0.25) is 5.02 Å². The fourth-order valence-electron chi connectivity index (χ4n) is 4.91. The van der Waals surface area contributed by atoms with Gasteiger partial charge in [-0.15, -0.1) is 5.10 Å². The Kier molecular flexibility index (Phi) is 5.83. The molecule has 0 aliphatic heterocycles. The molecular weight excluding hydrogens is 510 g/mol. The first-order valence-corrected chi connectivity index (χ1v) is 12.9. The average molecular weight is 532 g/mol. The first-order valence-electron chi connectivity index (χ1n) is 12.5. The van der Waals surface area contributed by atoms with Crippen LogP contribution in [0.4, 0.5) is 0 Å². The standard InChI is InChI=1S/C31H22ClN5O2/c32-23-13-15-24(16-14-23)39-19-26-34-31-28-27(21-8-3-1-4-9-21)29(22-10-5-2-6-11-22)36(18-25-12-7-17-38-25)30(28)33-20-37(31)35-26/h1-17,20H,18-19H2. The lowest BCUT2D eigenvalue weighted by atomic mass is 9.99. The number of benzene rings is 3. The number of halogens is 1. The molecule has 7 nitrogen and oxygen atoms in total. The number of hydrogen-bond donors (Lipinski definition) is 0. The van der Waals surface area contributed by atoms with Crippen LogP contribution in [0.15, 0.2) is 114 Å². The quantitative estimate of drug-likeness (QED) is 0.216. The summed E-state index contributed by atoms with van der Waals surface area (Å²) in [7, 11) is 0. The number of hydrogen-bond acceptors (Lipinski definition) is 5. The molecule has 7 rings (SSSR count). The fourth-order valence-corrected chi connectivity index (χ4v) is 5.04. The third kappa shape index (κ3) is 4.32. The Labute approximate surface area is 228 Å². The van der Waals surface area contributed by atoms with Crippen molar-refractivity contribution in [3.8, 4) is 28.1 Å². The maximum Gasteiger partial charge on any atom is 0.189 e. The highest BCUT2D eigenvalue weighted by molar-refractivity contribution is 6.30. The largest absolute Gasteiger partial charge is 0.486 e. The number of aromatic nitrogens is 5. The van der Waals surface area contributed by atoms with Crippen LogP contribution < -0.4 is 4.74 Å². The maximum absolute atomic E-state index is 6.01. The van der Waals surface area contributed by atoms with E-state index in [1.165, 1.54) is 0 Å². The topological polar surface area (TPSA) is 70.4 Å². The van der Waals surface area contributed by atoms with Crippen molar-refractivity contribution in [2.75, 3.05) is 0 Å². The van der Waals surface area contributed by atoms with E-state index in [0.29, 0.717) is 28.8 Å². The van der Waals surface area contributed by atoms with Crippen LogP contribution in [0.3, 0.4) is 0 Å². The lowest BCUT2D eigenvalue weighted by molar-refractivity contribution is 0.296. The van der Waals surface area contributed by atoms with Gasteiger partial charge in [-0.2, -0.15) is 0 Å². The molecule has 3 aromatic carbocycles. The summed E-state index contributed by atoms with van der Waals surface area (Å²) in [5, 5.41) is 6.25. The van der Waals surface area contributed by atoms with Crippen molar-refractivity contribution in [3.63, 3.8) is 0 Å². The molecule has 0 aliphatic carbocycles. The lowest BCUT2D eigenvalue weighted by Gasteiger charge is -2.11. The van der Waals surface area contributed by atoms with Gasteiger partial charge in [0.2, 0.25) is 0 Å². The van der Waals surface area contributed by atoms with Gasteiger partial charge in [-0.3, -0.25) is 0 Å². The molecule has 39 heavy (non-hydrogen) atoms. The van der Waals surface area contributed by atoms with Gasteiger partial charge in [0.1, 0.15) is 30.1 Å². The van der Waals surface area contributed by atoms with Crippen molar-refractivity contribution in [2.24, 2.45) is 0 Å². The molecule has 0 N–H and O–H groups in total. The van der Waals surface area contributed by atoms with Crippen molar-refractivity contribution in [2.45, 2.75) is 13.2 Å². The van der Waals surface area contributed by atoms with E-state index in [2.05, 4.69) is 33.9 Å². The monoisotopic (exact) mass is 531 g/mol. The molecule has 8 heteroatoms. The predicted octanol–water partition coefficient (Wildman–Crippen LogP) is 7.29. The molecule has 0 fully saturated rings. The summed E-state index contributed by atoms with van der Waals surface area (Å²) < 4.78 is 15.6. The zero-order valence-corrected chi connectivity index (χ0v) is 21.5. The molecule has 0 amide bonds. The van der Waals surface area contributed by atoms with Crippen molar-refractivity contribution >= 4 is 28.3 Å². The highest BCUT2D eigenvalue weighted by atomic mass is 35.5. The Bertz CT molecular complexity index is 1880. The third-order valence-corrected chi connectivity index (χ3v) is 6.86. The minimum Gasteiger partial charge on any atom is -0.486 e. The summed E-state index contributed by atoms with van der Waals surface area (Å²) in [5.74, 6) is 2.09. The number of nitrogens with zero attached hydrogens (tertiary/aromatic N) is 5.